The first-order chi connectivity index (χ1) is 9.06. The molecule has 0 radical (unpaired) electrons. The summed E-state index contributed by atoms with van der Waals surface area (Å²) in [4.78, 5) is 4.09. The highest BCUT2D eigenvalue weighted by atomic mass is 32.2. The van der Waals surface area contributed by atoms with E-state index in [0.29, 0.717) is 12.2 Å². The number of nitrogens with one attached hydrogen (secondary N) is 1. The van der Waals surface area contributed by atoms with Gasteiger partial charge in [0, 0.05) is 35.0 Å². The van der Waals surface area contributed by atoms with Crippen molar-refractivity contribution in [3.05, 3.63) is 29.6 Å². The van der Waals surface area contributed by atoms with E-state index in [-0.39, 0.29) is 11.1 Å². The van der Waals surface area contributed by atoms with Crippen LogP contribution in [0, 0.1) is 0 Å². The van der Waals surface area contributed by atoms with E-state index in [1.54, 1.807) is 18.5 Å². The highest BCUT2D eigenvalue weighted by molar-refractivity contribution is 7.84. The monoisotopic (exact) mass is 284 g/mol. The molecule has 1 aromatic heterocycles. The van der Waals surface area contributed by atoms with Crippen molar-refractivity contribution < 1.29 is 9.42 Å². The van der Waals surface area contributed by atoms with E-state index in [1.165, 1.54) is 0 Å². The van der Waals surface area contributed by atoms with Gasteiger partial charge in [-0.05, 0) is 24.6 Å². The van der Waals surface area contributed by atoms with Crippen molar-refractivity contribution in [1.82, 2.24) is 10.3 Å². The predicted octanol–water partition coefficient (Wildman–Crippen LogP) is 0.423. The van der Waals surface area contributed by atoms with Gasteiger partial charge >= 0.3 is 0 Å². The van der Waals surface area contributed by atoms with Crippen molar-refractivity contribution in [1.29, 1.82) is 0 Å². The summed E-state index contributed by atoms with van der Waals surface area (Å²) in [6.45, 7) is 3.29. The van der Waals surface area contributed by atoms with Crippen LogP contribution in [0.4, 0.5) is 0 Å². The molecule has 1 heterocycles. The van der Waals surface area contributed by atoms with Crippen LogP contribution in [0.5, 0.6) is 0 Å². The fourth-order valence-corrected chi connectivity index (χ4v) is 2.00. The van der Waals surface area contributed by atoms with Gasteiger partial charge < -0.3 is 16.3 Å². The summed E-state index contributed by atoms with van der Waals surface area (Å²) in [7, 11) is -0.796. The van der Waals surface area contributed by atoms with Crippen LogP contribution in [0.15, 0.2) is 23.5 Å². The van der Waals surface area contributed by atoms with Gasteiger partial charge in [0.05, 0.1) is 0 Å². The lowest BCUT2D eigenvalue weighted by atomic mass is 10.2. The molecule has 2 unspecified atom stereocenters. The highest BCUT2D eigenvalue weighted by Gasteiger charge is 2.08. The second-order valence-electron chi connectivity index (χ2n) is 4.27. The summed E-state index contributed by atoms with van der Waals surface area (Å²) in [6.07, 6.45) is 4.14. The van der Waals surface area contributed by atoms with Crippen molar-refractivity contribution in [3.8, 4) is 0 Å². The molecule has 0 aromatic carbocycles. The fraction of sp³-hybridized carbons (Fsp3) is 0.500. The van der Waals surface area contributed by atoms with Crippen LogP contribution < -0.4 is 11.1 Å². The third kappa shape index (κ3) is 4.96. The Morgan fingerprint density at radius 1 is 1.68 bits per heavy atom. The number of hydrogen-bond acceptors (Lipinski definition) is 5. The highest BCUT2D eigenvalue weighted by Crippen LogP contribution is 2.05. The van der Waals surface area contributed by atoms with Crippen LogP contribution in [-0.4, -0.2) is 38.3 Å². The number of hydrogen-bond donors (Lipinski definition) is 3. The number of rotatable bonds is 7. The zero-order chi connectivity index (χ0) is 14.3. The van der Waals surface area contributed by atoms with E-state index in [0.717, 1.165) is 18.5 Å². The van der Waals surface area contributed by atoms with Crippen molar-refractivity contribution >= 4 is 16.6 Å². The van der Waals surface area contributed by atoms with Gasteiger partial charge in [0.15, 0.2) is 5.84 Å². The zero-order valence-electron chi connectivity index (χ0n) is 11.2. The first-order valence-corrected chi connectivity index (χ1v) is 7.63. The lowest BCUT2D eigenvalue weighted by Gasteiger charge is -2.11. The molecule has 0 saturated heterocycles. The first kappa shape index (κ1) is 15.6. The van der Waals surface area contributed by atoms with Gasteiger partial charge in [0.2, 0.25) is 0 Å². The molecule has 0 spiro atoms. The molecular formula is C12H20N4O2S. The van der Waals surface area contributed by atoms with Gasteiger partial charge in [-0.3, -0.25) is 9.19 Å². The second kappa shape index (κ2) is 7.85. The molecule has 0 aliphatic carbocycles. The van der Waals surface area contributed by atoms with Crippen molar-refractivity contribution in [3.63, 3.8) is 0 Å². The minimum Gasteiger partial charge on any atom is -0.409 e. The molecule has 4 N–H and O–H groups in total. The molecule has 0 fully saturated rings. The Hall–Kier alpha value is -1.47. The Bertz CT molecular complexity index is 465. The van der Waals surface area contributed by atoms with Gasteiger partial charge in [0.1, 0.15) is 5.69 Å². The SMILES string of the molecule is CC(CCNCc1cccnc1/C(N)=N/O)S(C)=O. The third-order valence-electron chi connectivity index (χ3n) is 2.85. The van der Waals surface area contributed by atoms with E-state index < -0.39 is 10.8 Å². The lowest BCUT2D eigenvalue weighted by molar-refractivity contribution is 0.318. The van der Waals surface area contributed by atoms with E-state index in [2.05, 4.69) is 15.5 Å². The maximum absolute atomic E-state index is 11.2. The summed E-state index contributed by atoms with van der Waals surface area (Å²) in [5.41, 5.74) is 6.90. The van der Waals surface area contributed by atoms with E-state index >= 15 is 0 Å². The van der Waals surface area contributed by atoms with Gasteiger partial charge in [-0.15, -0.1) is 0 Å². The molecule has 7 heteroatoms. The van der Waals surface area contributed by atoms with Gasteiger partial charge in [-0.1, -0.05) is 18.1 Å². The topological polar surface area (TPSA) is 101 Å². The molecular weight excluding hydrogens is 264 g/mol. The van der Waals surface area contributed by atoms with Crippen LogP contribution in [0.25, 0.3) is 0 Å². The predicted molar refractivity (Wildman–Crippen MR) is 76.6 cm³/mol. The quantitative estimate of drug-likeness (QED) is 0.221. The molecule has 0 saturated carbocycles. The standard InChI is InChI=1S/C12H20N4O2S/c1-9(19(2)18)5-7-14-8-10-4-3-6-15-11(10)12(13)16-17/h3-4,6,9,14,17H,5,7-8H2,1-2H3,(H2,13,16). The maximum atomic E-state index is 11.2. The average molecular weight is 284 g/mol. The van der Waals surface area contributed by atoms with Crippen LogP contribution in [0.1, 0.15) is 24.6 Å². The molecule has 0 bridgehead atoms. The molecule has 19 heavy (non-hydrogen) atoms. The zero-order valence-corrected chi connectivity index (χ0v) is 12.0. The number of pyridine rings is 1. The van der Waals surface area contributed by atoms with E-state index in [1.807, 2.05) is 13.0 Å². The van der Waals surface area contributed by atoms with Crippen LogP contribution in [-0.2, 0) is 17.3 Å². The van der Waals surface area contributed by atoms with Crippen molar-refractivity contribution in [2.24, 2.45) is 10.9 Å². The summed E-state index contributed by atoms with van der Waals surface area (Å²) >= 11 is 0. The summed E-state index contributed by atoms with van der Waals surface area (Å²) < 4.78 is 11.2. The van der Waals surface area contributed by atoms with Gasteiger partial charge in [-0.2, -0.15) is 0 Å². The molecule has 2 atom stereocenters. The molecule has 0 aliphatic rings. The lowest BCUT2D eigenvalue weighted by Crippen LogP contribution is -2.24. The van der Waals surface area contributed by atoms with Crippen LogP contribution in [0.2, 0.25) is 0 Å². The van der Waals surface area contributed by atoms with Crippen molar-refractivity contribution in [2.45, 2.75) is 25.1 Å². The number of amidine groups is 1. The Labute approximate surface area is 115 Å². The number of oxime groups is 1. The van der Waals surface area contributed by atoms with E-state index in [9.17, 15) is 4.21 Å². The number of nitrogens with zero attached hydrogens (tertiary/aromatic N) is 2. The maximum Gasteiger partial charge on any atom is 0.189 e. The number of nitrogens with two attached hydrogens (primary N) is 1. The normalized spacial score (nSPS) is 15.2. The Morgan fingerprint density at radius 3 is 3.05 bits per heavy atom. The van der Waals surface area contributed by atoms with Crippen LogP contribution in [0.3, 0.4) is 0 Å². The summed E-state index contributed by atoms with van der Waals surface area (Å²) in [6, 6.07) is 3.67. The fourth-order valence-electron chi connectivity index (χ4n) is 1.55. The van der Waals surface area contributed by atoms with Crippen LogP contribution >= 0.6 is 0 Å². The Morgan fingerprint density at radius 2 is 2.42 bits per heavy atom. The second-order valence-corrected chi connectivity index (χ2v) is 6.07. The van der Waals surface area contributed by atoms with Crippen molar-refractivity contribution in [2.75, 3.05) is 12.8 Å². The third-order valence-corrected chi connectivity index (χ3v) is 4.22. The van der Waals surface area contributed by atoms with Gasteiger partial charge in [-0.25, -0.2) is 0 Å². The molecule has 1 aromatic rings. The minimum atomic E-state index is -0.796. The molecule has 106 valence electrons. The number of aromatic nitrogens is 1. The Kier molecular flexibility index (Phi) is 6.44. The summed E-state index contributed by atoms with van der Waals surface area (Å²) in [5.74, 6) is 0.000398. The molecule has 0 amide bonds. The van der Waals surface area contributed by atoms with E-state index in [4.69, 9.17) is 10.9 Å². The molecule has 6 nitrogen and oxygen atoms in total. The average Bonchev–Trinajstić information content (AvgIpc) is 2.42. The Balaban J connectivity index is 2.52. The van der Waals surface area contributed by atoms with Gasteiger partial charge in [0.25, 0.3) is 0 Å². The molecule has 0 aliphatic heterocycles. The molecule has 1 rings (SSSR count). The first-order valence-electron chi connectivity index (χ1n) is 6.01. The minimum absolute atomic E-state index is 0.000398. The smallest absolute Gasteiger partial charge is 0.189 e. The summed E-state index contributed by atoms with van der Waals surface area (Å²) in [5, 5.41) is 15.1. The largest absolute Gasteiger partial charge is 0.409 e.